The molecule has 0 radical (unpaired) electrons. The molecule has 0 atom stereocenters. The summed E-state index contributed by atoms with van der Waals surface area (Å²) in [7, 11) is 0. The minimum absolute atomic E-state index is 0.190. The van der Waals surface area contributed by atoms with Crippen LogP contribution in [0.5, 0.6) is 0 Å². The second-order valence-electron chi connectivity index (χ2n) is 4.78. The van der Waals surface area contributed by atoms with Gasteiger partial charge in [0.25, 0.3) is 0 Å². The number of carbonyl (C=O) groups excluding carboxylic acids is 1. The number of hydrogen-bond acceptors (Lipinski definition) is 2. The molecule has 0 unspecified atom stereocenters. The van der Waals surface area contributed by atoms with Crippen LogP contribution < -0.4 is 0 Å². The van der Waals surface area contributed by atoms with E-state index in [4.69, 9.17) is 0 Å². The zero-order chi connectivity index (χ0) is 18.7. The number of rotatable bonds is 8. The Morgan fingerprint density at radius 1 is 0.826 bits per heavy atom. The number of ether oxygens (including phenoxy) is 1. The maximum Gasteiger partial charge on any atom is 0.453 e. The molecule has 0 fully saturated rings. The van der Waals surface area contributed by atoms with Crippen LogP contribution in [0.2, 0.25) is 0 Å². The van der Waals surface area contributed by atoms with Crippen molar-refractivity contribution in [2.45, 2.75) is 50.1 Å². The van der Waals surface area contributed by atoms with E-state index in [0.29, 0.717) is 0 Å². The average Bonchev–Trinajstić information content (AvgIpc) is 2.34. The van der Waals surface area contributed by atoms with Crippen LogP contribution in [0, 0.1) is 0 Å². The maximum absolute atomic E-state index is 13.2. The summed E-state index contributed by atoms with van der Waals surface area (Å²) in [5.41, 5.74) is -0.190. The van der Waals surface area contributed by atoms with E-state index in [0.717, 1.165) is 6.92 Å². The number of carbonyl (C=O) groups is 1. The number of halogens is 9. The van der Waals surface area contributed by atoms with Crippen LogP contribution in [-0.4, -0.2) is 36.5 Å². The second kappa shape index (κ2) is 7.00. The van der Waals surface area contributed by atoms with Crippen molar-refractivity contribution in [3.63, 3.8) is 0 Å². The smallest absolute Gasteiger partial charge is 0.453 e. The van der Waals surface area contributed by atoms with Crippen molar-refractivity contribution in [3.05, 3.63) is 12.2 Å². The van der Waals surface area contributed by atoms with E-state index < -0.39 is 55.8 Å². The summed E-state index contributed by atoms with van der Waals surface area (Å²) in [6.45, 7) is 3.08. The molecule has 0 spiro atoms. The predicted molar refractivity (Wildman–Crippen MR) is 60.5 cm³/mol. The fraction of sp³-hybridized carbons (Fsp3) is 0.750. The van der Waals surface area contributed by atoms with E-state index in [1.165, 1.54) is 0 Å². The first-order valence-electron chi connectivity index (χ1n) is 6.06. The highest BCUT2D eigenvalue weighted by Gasteiger charge is 2.61. The second-order valence-corrected chi connectivity index (χ2v) is 4.78. The summed E-state index contributed by atoms with van der Waals surface area (Å²) in [4.78, 5) is 10.9. The van der Waals surface area contributed by atoms with Crippen LogP contribution in [0.3, 0.4) is 0 Å². The van der Waals surface area contributed by atoms with Gasteiger partial charge in [-0.2, -0.15) is 39.5 Å². The van der Waals surface area contributed by atoms with Gasteiger partial charge in [0.2, 0.25) is 0 Å². The van der Waals surface area contributed by atoms with Gasteiger partial charge in [-0.05, 0) is 6.92 Å². The Morgan fingerprint density at radius 3 is 1.61 bits per heavy atom. The molecule has 0 aliphatic carbocycles. The third kappa shape index (κ3) is 5.94. The van der Waals surface area contributed by atoms with Gasteiger partial charge < -0.3 is 4.74 Å². The lowest BCUT2D eigenvalue weighted by Crippen LogP contribution is -2.44. The highest BCUT2D eigenvalue weighted by Crippen LogP contribution is 2.45. The van der Waals surface area contributed by atoms with E-state index in [-0.39, 0.29) is 5.57 Å². The van der Waals surface area contributed by atoms with Crippen molar-refractivity contribution in [1.29, 1.82) is 0 Å². The Labute approximate surface area is 125 Å². The standard InChI is InChI=1S/C12H13F9O2/c1-7(2)8(22)23-6-5-10(15,16)9(13,14)3-4-11(17,18)12(19,20)21/h1,3-6H2,2H3. The summed E-state index contributed by atoms with van der Waals surface area (Å²) >= 11 is 0. The Morgan fingerprint density at radius 2 is 1.22 bits per heavy atom. The Kier molecular flexibility index (Phi) is 6.56. The lowest BCUT2D eigenvalue weighted by atomic mass is 10.0. The highest BCUT2D eigenvalue weighted by atomic mass is 19.4. The van der Waals surface area contributed by atoms with Crippen LogP contribution in [0.4, 0.5) is 39.5 Å². The summed E-state index contributed by atoms with van der Waals surface area (Å²) < 4.78 is 118. The summed E-state index contributed by atoms with van der Waals surface area (Å²) in [5.74, 6) is -16.7. The highest BCUT2D eigenvalue weighted by molar-refractivity contribution is 5.86. The van der Waals surface area contributed by atoms with Crippen LogP contribution in [0.1, 0.15) is 26.2 Å². The van der Waals surface area contributed by atoms with E-state index in [1.807, 2.05) is 0 Å². The SMILES string of the molecule is C=C(C)C(=O)OCCC(F)(F)C(F)(F)CCC(F)(F)C(F)(F)F. The first kappa shape index (κ1) is 21.6. The molecule has 0 aromatic heterocycles. The fourth-order valence-corrected chi connectivity index (χ4v) is 1.22. The third-order valence-electron chi connectivity index (χ3n) is 2.70. The first-order chi connectivity index (χ1) is 10.0. The molecule has 2 nitrogen and oxygen atoms in total. The van der Waals surface area contributed by atoms with Gasteiger partial charge in [0, 0.05) is 18.4 Å². The molecule has 0 aromatic carbocycles. The monoisotopic (exact) mass is 360 g/mol. The van der Waals surface area contributed by atoms with Gasteiger partial charge in [0.05, 0.1) is 13.0 Å². The third-order valence-corrected chi connectivity index (χ3v) is 2.70. The number of hydrogen-bond donors (Lipinski definition) is 0. The van der Waals surface area contributed by atoms with E-state index in [2.05, 4.69) is 11.3 Å². The van der Waals surface area contributed by atoms with Crippen molar-refractivity contribution in [1.82, 2.24) is 0 Å². The molecule has 0 saturated carbocycles. The number of esters is 1. The first-order valence-corrected chi connectivity index (χ1v) is 6.06. The summed E-state index contributed by atoms with van der Waals surface area (Å²) in [6.07, 6.45) is -12.7. The normalized spacial score (nSPS) is 13.8. The topological polar surface area (TPSA) is 26.3 Å². The molecule has 0 bridgehead atoms. The maximum atomic E-state index is 13.2. The quantitative estimate of drug-likeness (QED) is 0.355. The molecular formula is C12H13F9O2. The lowest BCUT2D eigenvalue weighted by Gasteiger charge is -2.28. The lowest BCUT2D eigenvalue weighted by molar-refractivity contribution is -0.294. The van der Waals surface area contributed by atoms with E-state index in [1.54, 1.807) is 0 Å². The molecule has 0 amide bonds. The van der Waals surface area contributed by atoms with Crippen LogP contribution in [0.25, 0.3) is 0 Å². The molecule has 0 aliphatic rings. The van der Waals surface area contributed by atoms with Crippen LogP contribution in [0.15, 0.2) is 12.2 Å². The molecule has 0 aromatic rings. The van der Waals surface area contributed by atoms with Crippen molar-refractivity contribution in [3.8, 4) is 0 Å². The van der Waals surface area contributed by atoms with Gasteiger partial charge in [-0.15, -0.1) is 0 Å². The molecule has 0 heterocycles. The largest absolute Gasteiger partial charge is 0.462 e. The van der Waals surface area contributed by atoms with E-state index in [9.17, 15) is 44.3 Å². The minimum Gasteiger partial charge on any atom is -0.462 e. The molecule has 11 heteroatoms. The number of alkyl halides is 9. The van der Waals surface area contributed by atoms with Crippen molar-refractivity contribution >= 4 is 5.97 Å². The molecule has 0 rings (SSSR count). The van der Waals surface area contributed by atoms with Gasteiger partial charge in [-0.1, -0.05) is 6.58 Å². The molecular weight excluding hydrogens is 347 g/mol. The van der Waals surface area contributed by atoms with E-state index >= 15 is 0 Å². The van der Waals surface area contributed by atoms with Gasteiger partial charge in [-0.3, -0.25) is 0 Å². The Balaban J connectivity index is 4.71. The van der Waals surface area contributed by atoms with Crippen molar-refractivity contribution < 1.29 is 49.0 Å². The molecule has 0 N–H and O–H groups in total. The van der Waals surface area contributed by atoms with Gasteiger partial charge in [0.1, 0.15) is 0 Å². The average molecular weight is 360 g/mol. The minimum atomic E-state index is -6.12. The predicted octanol–water partition coefficient (Wildman–Crippen LogP) is 4.74. The molecule has 0 aliphatic heterocycles. The Hall–Kier alpha value is -1.42. The van der Waals surface area contributed by atoms with Gasteiger partial charge in [-0.25, -0.2) is 4.79 Å². The van der Waals surface area contributed by atoms with Crippen LogP contribution in [-0.2, 0) is 9.53 Å². The summed E-state index contributed by atoms with van der Waals surface area (Å²) in [5, 5.41) is 0. The Bertz CT molecular complexity index is 440. The molecule has 23 heavy (non-hydrogen) atoms. The zero-order valence-corrected chi connectivity index (χ0v) is 11.8. The van der Waals surface area contributed by atoms with Crippen LogP contribution >= 0.6 is 0 Å². The molecule has 136 valence electrons. The summed E-state index contributed by atoms with van der Waals surface area (Å²) in [6, 6.07) is 0. The van der Waals surface area contributed by atoms with Crippen molar-refractivity contribution in [2.75, 3.05) is 6.61 Å². The zero-order valence-electron chi connectivity index (χ0n) is 11.8. The molecule has 0 saturated heterocycles. The van der Waals surface area contributed by atoms with Gasteiger partial charge in [0.15, 0.2) is 0 Å². The van der Waals surface area contributed by atoms with Gasteiger partial charge >= 0.3 is 29.9 Å². The van der Waals surface area contributed by atoms with Crippen molar-refractivity contribution in [2.24, 2.45) is 0 Å². The fourth-order valence-electron chi connectivity index (χ4n) is 1.22.